The van der Waals surface area contributed by atoms with Gasteiger partial charge in [-0.05, 0) is 37.2 Å². The van der Waals surface area contributed by atoms with Crippen molar-refractivity contribution in [3.05, 3.63) is 59.7 Å². The Labute approximate surface area is 181 Å². The maximum atomic E-state index is 13.1. The Morgan fingerprint density at radius 1 is 1.06 bits per heavy atom. The van der Waals surface area contributed by atoms with Crippen LogP contribution in [-0.2, 0) is 12.7 Å². The van der Waals surface area contributed by atoms with E-state index in [1.54, 1.807) is 18.2 Å². The van der Waals surface area contributed by atoms with Crippen molar-refractivity contribution in [3.8, 4) is 11.8 Å². The van der Waals surface area contributed by atoms with Crippen LogP contribution in [0.5, 0.6) is 11.8 Å². The first kappa shape index (κ1) is 21.5. The van der Waals surface area contributed by atoms with Gasteiger partial charge in [0.25, 0.3) is 0 Å². The van der Waals surface area contributed by atoms with E-state index in [0.717, 1.165) is 18.3 Å². The van der Waals surface area contributed by atoms with Gasteiger partial charge in [0.15, 0.2) is 0 Å². The number of halogens is 3. The maximum Gasteiger partial charge on any atom is 0.416 e. The highest BCUT2D eigenvalue weighted by Crippen LogP contribution is 2.34. The van der Waals surface area contributed by atoms with Gasteiger partial charge in [-0.3, -0.25) is 0 Å². The summed E-state index contributed by atoms with van der Waals surface area (Å²) in [6.07, 6.45) is -1.48. The first-order valence-electron chi connectivity index (χ1n) is 9.82. The number of imidazole rings is 1. The number of H-pyrrole nitrogens is 1. The number of ether oxygens (including phenoxy) is 1. The van der Waals surface area contributed by atoms with Crippen molar-refractivity contribution < 1.29 is 17.9 Å². The van der Waals surface area contributed by atoms with Crippen molar-refractivity contribution in [1.82, 2.24) is 30.2 Å². The number of fused-ring (bicyclic) bond motifs is 1. The molecule has 0 atom stereocenters. The Kier molecular flexibility index (Phi) is 5.91. The second-order valence-corrected chi connectivity index (χ2v) is 7.01. The van der Waals surface area contributed by atoms with Gasteiger partial charge in [0.05, 0.1) is 34.2 Å². The SMILES string of the molecule is CCNCc1cc(Oc2ccc(Nc3nc4cc(C(F)(F)F)c(C)cc4[nH]3)cn2)ncn1. The summed E-state index contributed by atoms with van der Waals surface area (Å²) < 4.78 is 45.0. The molecule has 0 aliphatic carbocycles. The van der Waals surface area contributed by atoms with Crippen molar-refractivity contribution in [2.75, 3.05) is 11.9 Å². The minimum Gasteiger partial charge on any atom is -0.421 e. The molecule has 0 aliphatic heterocycles. The number of pyridine rings is 1. The molecule has 1 aromatic carbocycles. The fourth-order valence-corrected chi connectivity index (χ4v) is 3.07. The number of aromatic amines is 1. The van der Waals surface area contributed by atoms with Crippen molar-refractivity contribution in [3.63, 3.8) is 0 Å². The number of aryl methyl sites for hydroxylation is 1. The summed E-state index contributed by atoms with van der Waals surface area (Å²) in [7, 11) is 0. The second kappa shape index (κ2) is 8.79. The van der Waals surface area contributed by atoms with Crippen LogP contribution in [0, 0.1) is 6.92 Å². The quantitative estimate of drug-likeness (QED) is 0.380. The molecule has 0 aliphatic rings. The number of hydrogen-bond donors (Lipinski definition) is 3. The minimum absolute atomic E-state index is 0.127. The smallest absolute Gasteiger partial charge is 0.416 e. The molecular weight excluding hydrogens is 423 g/mol. The van der Waals surface area contributed by atoms with E-state index in [2.05, 4.69) is 35.6 Å². The number of benzene rings is 1. The van der Waals surface area contributed by atoms with Crippen molar-refractivity contribution in [2.45, 2.75) is 26.6 Å². The third-order valence-corrected chi connectivity index (χ3v) is 4.60. The van der Waals surface area contributed by atoms with Gasteiger partial charge in [0.2, 0.25) is 17.7 Å². The van der Waals surface area contributed by atoms with Crippen LogP contribution in [0.2, 0.25) is 0 Å². The van der Waals surface area contributed by atoms with E-state index in [1.165, 1.54) is 25.5 Å². The summed E-state index contributed by atoms with van der Waals surface area (Å²) in [5, 5.41) is 6.17. The molecule has 8 nitrogen and oxygen atoms in total. The summed E-state index contributed by atoms with van der Waals surface area (Å²) in [5.74, 6) is 1.01. The molecule has 166 valence electrons. The molecular formula is C21H20F3N7O. The second-order valence-electron chi connectivity index (χ2n) is 7.01. The minimum atomic E-state index is -4.43. The van der Waals surface area contributed by atoms with Gasteiger partial charge in [-0.1, -0.05) is 6.92 Å². The molecule has 3 N–H and O–H groups in total. The predicted octanol–water partition coefficient (Wildman–Crippen LogP) is 4.72. The third-order valence-electron chi connectivity index (χ3n) is 4.60. The molecule has 3 aromatic heterocycles. The number of hydrogen-bond acceptors (Lipinski definition) is 7. The molecule has 0 fully saturated rings. The summed E-state index contributed by atoms with van der Waals surface area (Å²) in [6, 6.07) is 7.54. The Morgan fingerprint density at radius 3 is 2.62 bits per heavy atom. The van der Waals surface area contributed by atoms with Crippen molar-refractivity contribution in [1.29, 1.82) is 0 Å². The molecule has 32 heavy (non-hydrogen) atoms. The zero-order chi connectivity index (χ0) is 22.7. The number of nitrogens with zero attached hydrogens (tertiary/aromatic N) is 4. The van der Waals surface area contributed by atoms with E-state index in [9.17, 15) is 13.2 Å². The standard InChI is InChI=1S/C21H20F3N7O/c1-3-25-9-14-7-19(28-11-27-14)32-18-5-4-13(10-26-18)29-20-30-16-6-12(2)15(21(22,23)24)8-17(16)31-20/h4-8,10-11,25H,3,9H2,1-2H3,(H2,29,30,31). The number of nitrogens with one attached hydrogen (secondary N) is 3. The zero-order valence-electron chi connectivity index (χ0n) is 17.3. The van der Waals surface area contributed by atoms with Crippen LogP contribution in [-0.4, -0.2) is 31.5 Å². The van der Waals surface area contributed by atoms with Crippen molar-refractivity contribution in [2.24, 2.45) is 0 Å². The van der Waals surface area contributed by atoms with Gasteiger partial charge in [-0.25, -0.2) is 19.9 Å². The van der Waals surface area contributed by atoms with E-state index in [1.807, 2.05) is 6.92 Å². The first-order chi connectivity index (χ1) is 15.3. The van der Waals surface area contributed by atoms with Gasteiger partial charge in [-0.2, -0.15) is 13.2 Å². The summed E-state index contributed by atoms with van der Waals surface area (Å²) in [5.41, 5.74) is 1.52. The lowest BCUT2D eigenvalue weighted by Crippen LogP contribution is -2.13. The van der Waals surface area contributed by atoms with Crippen LogP contribution >= 0.6 is 0 Å². The molecule has 4 rings (SSSR count). The molecule has 4 aromatic rings. The average Bonchev–Trinajstić information content (AvgIpc) is 3.13. The molecule has 11 heteroatoms. The van der Waals surface area contributed by atoms with E-state index < -0.39 is 11.7 Å². The Morgan fingerprint density at radius 2 is 1.91 bits per heavy atom. The summed E-state index contributed by atoms with van der Waals surface area (Å²) in [6.45, 7) is 4.85. The summed E-state index contributed by atoms with van der Waals surface area (Å²) in [4.78, 5) is 19.6. The lowest BCUT2D eigenvalue weighted by atomic mass is 10.1. The predicted molar refractivity (Wildman–Crippen MR) is 113 cm³/mol. The van der Waals surface area contributed by atoms with E-state index in [4.69, 9.17) is 4.74 Å². The molecule has 0 radical (unpaired) electrons. The lowest BCUT2D eigenvalue weighted by molar-refractivity contribution is -0.137. The molecule has 0 spiro atoms. The number of alkyl halides is 3. The van der Waals surface area contributed by atoms with Crippen molar-refractivity contribution >= 4 is 22.7 Å². The van der Waals surface area contributed by atoms with Crippen LogP contribution in [0.15, 0.2) is 42.9 Å². The highest BCUT2D eigenvalue weighted by molar-refractivity contribution is 5.80. The van der Waals surface area contributed by atoms with E-state index >= 15 is 0 Å². The van der Waals surface area contributed by atoms with Crippen LogP contribution in [0.3, 0.4) is 0 Å². The highest BCUT2D eigenvalue weighted by atomic mass is 19.4. The number of aromatic nitrogens is 5. The van der Waals surface area contributed by atoms with E-state index in [-0.39, 0.29) is 11.1 Å². The Balaban J connectivity index is 1.46. The van der Waals surface area contributed by atoms with E-state index in [0.29, 0.717) is 35.5 Å². The zero-order valence-corrected chi connectivity index (χ0v) is 17.3. The van der Waals surface area contributed by atoms with Crippen LogP contribution in [0.25, 0.3) is 11.0 Å². The van der Waals surface area contributed by atoms with Gasteiger partial charge in [0, 0.05) is 18.7 Å². The molecule has 3 heterocycles. The van der Waals surface area contributed by atoms with Crippen LogP contribution in [0.1, 0.15) is 23.7 Å². The van der Waals surface area contributed by atoms with Crippen LogP contribution < -0.4 is 15.4 Å². The summed E-state index contributed by atoms with van der Waals surface area (Å²) >= 11 is 0. The van der Waals surface area contributed by atoms with Gasteiger partial charge in [0.1, 0.15) is 6.33 Å². The fourth-order valence-electron chi connectivity index (χ4n) is 3.07. The molecule has 0 unspecified atom stereocenters. The Hall–Kier alpha value is -3.73. The van der Waals surface area contributed by atoms with Gasteiger partial charge < -0.3 is 20.4 Å². The monoisotopic (exact) mass is 443 g/mol. The first-order valence-corrected chi connectivity index (χ1v) is 9.82. The van der Waals surface area contributed by atoms with Gasteiger partial charge in [-0.15, -0.1) is 0 Å². The normalized spacial score (nSPS) is 11.7. The number of anilines is 2. The number of rotatable bonds is 7. The maximum absolute atomic E-state index is 13.1. The fraction of sp³-hybridized carbons (Fsp3) is 0.238. The molecule has 0 saturated carbocycles. The topological polar surface area (TPSA) is 101 Å². The average molecular weight is 443 g/mol. The Bertz CT molecular complexity index is 1220. The van der Waals surface area contributed by atoms with Crippen LogP contribution in [0.4, 0.5) is 24.8 Å². The molecule has 0 amide bonds. The molecule has 0 saturated heterocycles. The lowest BCUT2D eigenvalue weighted by Gasteiger charge is -2.09. The third kappa shape index (κ3) is 4.94. The van der Waals surface area contributed by atoms with Gasteiger partial charge >= 0.3 is 6.18 Å². The largest absolute Gasteiger partial charge is 0.421 e. The highest BCUT2D eigenvalue weighted by Gasteiger charge is 2.32. The molecule has 0 bridgehead atoms.